The average Bonchev–Trinajstić information content (AvgIpc) is 3.05. The van der Waals surface area contributed by atoms with E-state index < -0.39 is 11.7 Å². The summed E-state index contributed by atoms with van der Waals surface area (Å²) in [5.41, 5.74) is 2.10. The van der Waals surface area contributed by atoms with Crippen molar-refractivity contribution in [2.45, 2.75) is 12.8 Å². The molecule has 3 aromatic rings. The number of anilines is 1. The van der Waals surface area contributed by atoms with E-state index in [1.165, 1.54) is 12.1 Å². The number of imidazole rings is 1. The lowest BCUT2D eigenvalue weighted by molar-refractivity contribution is -0.137. The summed E-state index contributed by atoms with van der Waals surface area (Å²) in [4.78, 5) is 8.70. The van der Waals surface area contributed by atoms with E-state index in [2.05, 4.69) is 14.5 Å². The highest BCUT2D eigenvalue weighted by atomic mass is 19.4. The number of nitrogens with zero attached hydrogens (tertiary/aromatic N) is 4. The van der Waals surface area contributed by atoms with Gasteiger partial charge in [-0.15, -0.1) is 0 Å². The van der Waals surface area contributed by atoms with Crippen LogP contribution in [0.3, 0.4) is 0 Å². The number of aromatic nitrogens is 2. The monoisotopic (exact) mass is 360 g/mol. The molecule has 0 amide bonds. The Morgan fingerprint density at radius 3 is 2.46 bits per heavy atom. The molecule has 0 saturated carbocycles. The van der Waals surface area contributed by atoms with Gasteiger partial charge in [-0.25, -0.2) is 4.98 Å². The molecule has 0 N–H and O–H groups in total. The second-order valence-electron chi connectivity index (χ2n) is 6.50. The minimum Gasteiger partial charge on any atom is -0.369 e. The third-order valence-electron chi connectivity index (χ3n) is 4.79. The minimum absolute atomic E-state index is 0.595. The molecular formula is C19H19F3N4. The predicted molar refractivity (Wildman–Crippen MR) is 95.0 cm³/mol. The molecule has 2 aromatic carbocycles. The van der Waals surface area contributed by atoms with Crippen LogP contribution in [0, 0.1) is 0 Å². The summed E-state index contributed by atoms with van der Waals surface area (Å²) in [6.07, 6.45) is -2.47. The van der Waals surface area contributed by atoms with Crippen molar-refractivity contribution < 1.29 is 13.2 Å². The maximum absolute atomic E-state index is 12.9. The first-order chi connectivity index (χ1) is 12.5. The Hall–Kier alpha value is -2.54. The van der Waals surface area contributed by atoms with Gasteiger partial charge in [0.2, 0.25) is 0 Å². The van der Waals surface area contributed by atoms with Crippen molar-refractivity contribution in [3.05, 3.63) is 60.4 Å². The van der Waals surface area contributed by atoms with Gasteiger partial charge in [0.05, 0.1) is 29.6 Å². The van der Waals surface area contributed by atoms with E-state index in [0.29, 0.717) is 18.8 Å². The van der Waals surface area contributed by atoms with Crippen molar-refractivity contribution in [3.8, 4) is 0 Å². The number of halogens is 3. The second kappa shape index (κ2) is 6.64. The van der Waals surface area contributed by atoms with Crippen LogP contribution in [0.25, 0.3) is 11.0 Å². The van der Waals surface area contributed by atoms with E-state index in [9.17, 15) is 13.2 Å². The van der Waals surface area contributed by atoms with E-state index in [4.69, 9.17) is 0 Å². The number of benzene rings is 2. The average molecular weight is 360 g/mol. The van der Waals surface area contributed by atoms with Crippen molar-refractivity contribution in [1.29, 1.82) is 0 Å². The molecule has 0 bridgehead atoms. The number of piperazine rings is 1. The summed E-state index contributed by atoms with van der Waals surface area (Å²) in [5.74, 6) is 0. The molecule has 0 radical (unpaired) electrons. The van der Waals surface area contributed by atoms with Crippen LogP contribution >= 0.6 is 0 Å². The minimum atomic E-state index is -4.31. The van der Waals surface area contributed by atoms with Gasteiger partial charge in [0.25, 0.3) is 0 Å². The first kappa shape index (κ1) is 16.9. The van der Waals surface area contributed by atoms with Crippen LogP contribution in [0.2, 0.25) is 0 Å². The van der Waals surface area contributed by atoms with E-state index in [1.807, 2.05) is 35.5 Å². The molecule has 4 rings (SSSR count). The largest absolute Gasteiger partial charge is 0.416 e. The SMILES string of the molecule is FC(F)(F)c1cccc(N2CCN(Cn3cnc4ccccc43)CC2)c1. The van der Waals surface area contributed by atoms with Crippen LogP contribution < -0.4 is 4.90 Å². The van der Waals surface area contributed by atoms with E-state index in [0.717, 1.165) is 36.9 Å². The molecule has 1 saturated heterocycles. The van der Waals surface area contributed by atoms with Crippen LogP contribution in [0.1, 0.15) is 5.56 Å². The van der Waals surface area contributed by atoms with Crippen molar-refractivity contribution in [1.82, 2.24) is 14.5 Å². The fraction of sp³-hybridized carbons (Fsp3) is 0.316. The maximum atomic E-state index is 12.9. The van der Waals surface area contributed by atoms with Crippen molar-refractivity contribution in [3.63, 3.8) is 0 Å². The van der Waals surface area contributed by atoms with Gasteiger partial charge >= 0.3 is 6.18 Å². The Kier molecular flexibility index (Phi) is 4.32. The van der Waals surface area contributed by atoms with Crippen molar-refractivity contribution >= 4 is 16.7 Å². The zero-order chi connectivity index (χ0) is 18.1. The van der Waals surface area contributed by atoms with Gasteiger partial charge in [0, 0.05) is 31.9 Å². The second-order valence-corrected chi connectivity index (χ2v) is 6.50. The summed E-state index contributed by atoms with van der Waals surface area (Å²) in [5, 5.41) is 0. The molecule has 1 aromatic heterocycles. The lowest BCUT2D eigenvalue weighted by Gasteiger charge is -2.36. The number of hydrogen-bond acceptors (Lipinski definition) is 3. The highest BCUT2D eigenvalue weighted by Crippen LogP contribution is 2.31. The lowest BCUT2D eigenvalue weighted by Crippen LogP contribution is -2.46. The van der Waals surface area contributed by atoms with Crippen LogP contribution in [-0.2, 0) is 12.8 Å². The van der Waals surface area contributed by atoms with Gasteiger partial charge < -0.3 is 9.47 Å². The highest BCUT2D eigenvalue weighted by molar-refractivity contribution is 5.74. The van der Waals surface area contributed by atoms with Gasteiger partial charge in [-0.1, -0.05) is 18.2 Å². The molecule has 1 fully saturated rings. The van der Waals surface area contributed by atoms with Gasteiger partial charge in [0.15, 0.2) is 0 Å². The molecule has 1 aliphatic rings. The summed E-state index contributed by atoms with van der Waals surface area (Å²) >= 11 is 0. The normalized spacial score (nSPS) is 16.3. The molecule has 0 aliphatic carbocycles. The molecule has 0 unspecified atom stereocenters. The standard InChI is InChI=1S/C19H19F3N4/c20-19(21,22)15-4-3-5-16(12-15)25-10-8-24(9-11-25)14-26-13-23-17-6-1-2-7-18(17)26/h1-7,12-13H,8-11,14H2. The van der Waals surface area contributed by atoms with Crippen LogP contribution in [-0.4, -0.2) is 40.6 Å². The van der Waals surface area contributed by atoms with E-state index in [1.54, 1.807) is 6.07 Å². The van der Waals surface area contributed by atoms with Crippen LogP contribution in [0.5, 0.6) is 0 Å². The Morgan fingerprint density at radius 2 is 1.69 bits per heavy atom. The predicted octanol–water partition coefficient (Wildman–Crippen LogP) is 3.83. The summed E-state index contributed by atoms with van der Waals surface area (Å²) < 4.78 is 40.8. The molecular weight excluding hydrogens is 341 g/mol. The van der Waals surface area contributed by atoms with E-state index in [-0.39, 0.29) is 0 Å². The molecule has 4 nitrogen and oxygen atoms in total. The third-order valence-corrected chi connectivity index (χ3v) is 4.79. The van der Waals surface area contributed by atoms with Gasteiger partial charge in [0.1, 0.15) is 0 Å². The Labute approximate surface area is 149 Å². The van der Waals surface area contributed by atoms with Crippen LogP contribution in [0.4, 0.5) is 18.9 Å². The molecule has 26 heavy (non-hydrogen) atoms. The molecule has 2 heterocycles. The number of para-hydroxylation sites is 2. The molecule has 136 valence electrons. The number of hydrogen-bond donors (Lipinski definition) is 0. The Bertz CT molecular complexity index is 895. The fourth-order valence-electron chi connectivity index (χ4n) is 3.36. The smallest absolute Gasteiger partial charge is 0.369 e. The maximum Gasteiger partial charge on any atom is 0.416 e. The van der Waals surface area contributed by atoms with E-state index >= 15 is 0 Å². The summed E-state index contributed by atoms with van der Waals surface area (Å²) in [7, 11) is 0. The third kappa shape index (κ3) is 3.39. The number of fused-ring (bicyclic) bond motifs is 1. The topological polar surface area (TPSA) is 24.3 Å². The number of rotatable bonds is 3. The first-order valence-corrected chi connectivity index (χ1v) is 8.55. The molecule has 0 spiro atoms. The van der Waals surface area contributed by atoms with Crippen molar-refractivity contribution in [2.24, 2.45) is 0 Å². The van der Waals surface area contributed by atoms with Gasteiger partial charge in [-0.2, -0.15) is 13.2 Å². The summed E-state index contributed by atoms with van der Waals surface area (Å²) in [6.45, 7) is 3.73. The molecule has 7 heteroatoms. The molecule has 1 aliphatic heterocycles. The zero-order valence-corrected chi connectivity index (χ0v) is 14.2. The summed E-state index contributed by atoms with van der Waals surface area (Å²) in [6, 6.07) is 13.6. The van der Waals surface area contributed by atoms with Gasteiger partial charge in [-0.3, -0.25) is 4.90 Å². The Balaban J connectivity index is 1.41. The number of alkyl halides is 3. The van der Waals surface area contributed by atoms with Crippen molar-refractivity contribution in [2.75, 3.05) is 31.1 Å². The fourth-order valence-corrected chi connectivity index (χ4v) is 3.36. The first-order valence-electron chi connectivity index (χ1n) is 8.55. The zero-order valence-electron chi connectivity index (χ0n) is 14.2. The van der Waals surface area contributed by atoms with Crippen LogP contribution in [0.15, 0.2) is 54.9 Å². The molecule has 0 atom stereocenters. The van der Waals surface area contributed by atoms with Gasteiger partial charge in [-0.05, 0) is 30.3 Å². The highest BCUT2D eigenvalue weighted by Gasteiger charge is 2.31. The lowest BCUT2D eigenvalue weighted by atomic mass is 10.1. The quantitative estimate of drug-likeness (QED) is 0.709. The Morgan fingerprint density at radius 1 is 0.923 bits per heavy atom.